The molecule has 2 heteroatoms. The fraction of sp³-hybridized carbons (Fsp3) is 0.684. The fourth-order valence-electron chi connectivity index (χ4n) is 3.23. The zero-order chi connectivity index (χ0) is 15.1. The monoisotopic (exact) mass is 289 g/mol. The molecule has 0 saturated carbocycles. The molecule has 0 bridgehead atoms. The van der Waals surface area contributed by atoms with Gasteiger partial charge in [0, 0.05) is 13.1 Å². The van der Waals surface area contributed by atoms with Crippen LogP contribution in [-0.2, 0) is 17.6 Å². The first-order valence-corrected chi connectivity index (χ1v) is 8.63. The Morgan fingerprint density at radius 3 is 2.00 bits per heavy atom. The van der Waals surface area contributed by atoms with Crippen molar-refractivity contribution < 1.29 is 4.74 Å². The lowest BCUT2D eigenvalue weighted by molar-refractivity contribution is -0.0680. The number of morpholine rings is 1. The van der Waals surface area contributed by atoms with Gasteiger partial charge in [-0.05, 0) is 57.2 Å². The van der Waals surface area contributed by atoms with Gasteiger partial charge in [0.25, 0.3) is 0 Å². The second kappa shape index (κ2) is 8.55. The maximum absolute atomic E-state index is 5.78. The minimum Gasteiger partial charge on any atom is -0.373 e. The van der Waals surface area contributed by atoms with Crippen LogP contribution < -0.4 is 0 Å². The molecule has 0 aliphatic carbocycles. The van der Waals surface area contributed by atoms with Gasteiger partial charge in [0.1, 0.15) is 0 Å². The lowest BCUT2D eigenvalue weighted by Gasteiger charge is -2.35. The predicted octanol–water partition coefficient (Wildman–Crippen LogP) is 4.07. The molecule has 2 rings (SSSR count). The smallest absolute Gasteiger partial charge is 0.0678 e. The Bertz CT molecular complexity index is 391. The summed E-state index contributed by atoms with van der Waals surface area (Å²) in [6.07, 6.45) is 6.99. The van der Waals surface area contributed by atoms with Crippen molar-refractivity contribution >= 4 is 0 Å². The van der Waals surface area contributed by atoms with E-state index in [9.17, 15) is 0 Å². The zero-order valence-electron chi connectivity index (χ0n) is 14.0. The molecule has 1 fully saturated rings. The van der Waals surface area contributed by atoms with Crippen LogP contribution in [0.15, 0.2) is 24.3 Å². The van der Waals surface area contributed by atoms with E-state index >= 15 is 0 Å². The van der Waals surface area contributed by atoms with E-state index in [4.69, 9.17) is 4.74 Å². The van der Waals surface area contributed by atoms with Crippen LogP contribution in [0.2, 0.25) is 0 Å². The van der Waals surface area contributed by atoms with Crippen LogP contribution in [0.4, 0.5) is 0 Å². The van der Waals surface area contributed by atoms with Crippen molar-refractivity contribution in [1.29, 1.82) is 0 Å². The summed E-state index contributed by atoms with van der Waals surface area (Å²) < 4.78 is 5.78. The molecule has 1 aliphatic rings. The first kappa shape index (κ1) is 16.5. The molecule has 1 saturated heterocycles. The number of hydrogen-bond donors (Lipinski definition) is 0. The topological polar surface area (TPSA) is 12.5 Å². The van der Waals surface area contributed by atoms with E-state index in [1.165, 1.54) is 49.8 Å². The molecular weight excluding hydrogens is 258 g/mol. The summed E-state index contributed by atoms with van der Waals surface area (Å²) in [7, 11) is 0. The molecule has 2 unspecified atom stereocenters. The Morgan fingerprint density at radius 1 is 0.952 bits per heavy atom. The lowest BCUT2D eigenvalue weighted by Crippen LogP contribution is -2.45. The number of benzene rings is 1. The molecule has 0 spiro atoms. The number of nitrogens with zero attached hydrogens (tertiary/aromatic N) is 1. The largest absolute Gasteiger partial charge is 0.373 e. The Hall–Kier alpha value is -0.860. The lowest BCUT2D eigenvalue weighted by atomic mass is 10.0. The Kier molecular flexibility index (Phi) is 6.72. The molecule has 21 heavy (non-hydrogen) atoms. The summed E-state index contributed by atoms with van der Waals surface area (Å²) >= 11 is 0. The first-order chi connectivity index (χ1) is 10.2. The quantitative estimate of drug-likeness (QED) is 0.750. The third-order valence-corrected chi connectivity index (χ3v) is 4.28. The van der Waals surface area contributed by atoms with Crippen molar-refractivity contribution in [1.82, 2.24) is 4.90 Å². The second-order valence-corrected chi connectivity index (χ2v) is 6.54. The van der Waals surface area contributed by atoms with Crippen LogP contribution in [0, 0.1) is 0 Å². The van der Waals surface area contributed by atoms with E-state index < -0.39 is 0 Å². The van der Waals surface area contributed by atoms with Crippen molar-refractivity contribution in [3.8, 4) is 0 Å². The van der Waals surface area contributed by atoms with Gasteiger partial charge in [-0.2, -0.15) is 0 Å². The normalized spacial score (nSPS) is 23.4. The predicted molar refractivity (Wildman–Crippen MR) is 89.8 cm³/mol. The zero-order valence-corrected chi connectivity index (χ0v) is 14.0. The molecule has 0 aromatic heterocycles. The third kappa shape index (κ3) is 5.80. The summed E-state index contributed by atoms with van der Waals surface area (Å²) in [4.78, 5) is 2.55. The highest BCUT2D eigenvalue weighted by atomic mass is 16.5. The van der Waals surface area contributed by atoms with E-state index in [1.54, 1.807) is 0 Å². The number of unbranched alkanes of at least 4 members (excludes halogenated alkanes) is 1. The molecule has 1 heterocycles. The van der Waals surface area contributed by atoms with Gasteiger partial charge in [0.2, 0.25) is 0 Å². The van der Waals surface area contributed by atoms with E-state index in [1.807, 2.05) is 0 Å². The molecule has 0 radical (unpaired) electrons. The number of ether oxygens (including phenoxy) is 1. The highest BCUT2D eigenvalue weighted by Gasteiger charge is 2.21. The van der Waals surface area contributed by atoms with Gasteiger partial charge < -0.3 is 4.74 Å². The number of hydrogen-bond acceptors (Lipinski definition) is 2. The summed E-state index contributed by atoms with van der Waals surface area (Å²) in [6, 6.07) is 9.25. The van der Waals surface area contributed by atoms with E-state index in [0.717, 1.165) is 13.1 Å². The maximum atomic E-state index is 5.78. The molecule has 2 atom stereocenters. The van der Waals surface area contributed by atoms with Crippen molar-refractivity contribution in [3.63, 3.8) is 0 Å². The van der Waals surface area contributed by atoms with Crippen molar-refractivity contribution in [2.45, 2.75) is 65.1 Å². The van der Waals surface area contributed by atoms with Crippen LogP contribution in [0.5, 0.6) is 0 Å². The molecule has 2 nitrogen and oxygen atoms in total. The van der Waals surface area contributed by atoms with Crippen LogP contribution >= 0.6 is 0 Å². The number of aryl methyl sites for hydroxylation is 2. The van der Waals surface area contributed by atoms with Crippen LogP contribution in [0.1, 0.15) is 51.2 Å². The van der Waals surface area contributed by atoms with Crippen molar-refractivity contribution in [2.24, 2.45) is 0 Å². The minimum absolute atomic E-state index is 0.381. The van der Waals surface area contributed by atoms with Gasteiger partial charge >= 0.3 is 0 Å². The van der Waals surface area contributed by atoms with Gasteiger partial charge in [-0.3, -0.25) is 4.90 Å². The Morgan fingerprint density at radius 2 is 1.48 bits per heavy atom. The second-order valence-electron chi connectivity index (χ2n) is 6.54. The van der Waals surface area contributed by atoms with E-state index in [2.05, 4.69) is 49.9 Å². The van der Waals surface area contributed by atoms with Gasteiger partial charge in [0.05, 0.1) is 12.2 Å². The SMILES string of the molecule is CCCCc1ccc(CCCN2CC(C)OC(C)C2)cc1. The maximum Gasteiger partial charge on any atom is 0.0678 e. The highest BCUT2D eigenvalue weighted by molar-refractivity contribution is 5.22. The summed E-state index contributed by atoms with van der Waals surface area (Å²) in [5.74, 6) is 0. The highest BCUT2D eigenvalue weighted by Crippen LogP contribution is 2.13. The molecule has 1 aromatic carbocycles. The standard InChI is InChI=1S/C19H31NO/c1-4-5-7-18-9-11-19(12-10-18)8-6-13-20-14-16(2)21-17(3)15-20/h9-12,16-17H,4-8,13-15H2,1-3H3. The Balaban J connectivity index is 1.70. The molecule has 0 amide bonds. The molecular formula is C19H31NO. The molecule has 1 aromatic rings. The first-order valence-electron chi connectivity index (χ1n) is 8.63. The van der Waals surface area contributed by atoms with E-state index in [-0.39, 0.29) is 0 Å². The fourth-order valence-corrected chi connectivity index (χ4v) is 3.23. The summed E-state index contributed by atoms with van der Waals surface area (Å²) in [5, 5.41) is 0. The third-order valence-electron chi connectivity index (χ3n) is 4.28. The Labute approximate surface area is 130 Å². The van der Waals surface area contributed by atoms with Crippen LogP contribution in [0.3, 0.4) is 0 Å². The van der Waals surface area contributed by atoms with E-state index in [0.29, 0.717) is 12.2 Å². The van der Waals surface area contributed by atoms with Gasteiger partial charge in [-0.15, -0.1) is 0 Å². The van der Waals surface area contributed by atoms with Gasteiger partial charge in [-0.1, -0.05) is 37.6 Å². The summed E-state index contributed by atoms with van der Waals surface area (Å²) in [5.41, 5.74) is 2.96. The molecule has 0 N–H and O–H groups in total. The van der Waals surface area contributed by atoms with Crippen LogP contribution in [-0.4, -0.2) is 36.7 Å². The number of rotatable bonds is 7. The van der Waals surface area contributed by atoms with Crippen LogP contribution in [0.25, 0.3) is 0 Å². The molecule has 118 valence electrons. The summed E-state index contributed by atoms with van der Waals surface area (Å²) in [6.45, 7) is 9.97. The minimum atomic E-state index is 0.381. The van der Waals surface area contributed by atoms with Gasteiger partial charge in [0.15, 0.2) is 0 Å². The van der Waals surface area contributed by atoms with Gasteiger partial charge in [-0.25, -0.2) is 0 Å². The van der Waals surface area contributed by atoms with Crippen molar-refractivity contribution in [2.75, 3.05) is 19.6 Å². The van der Waals surface area contributed by atoms with Crippen molar-refractivity contribution in [3.05, 3.63) is 35.4 Å². The average Bonchev–Trinajstić information content (AvgIpc) is 2.45. The molecule has 1 aliphatic heterocycles. The average molecular weight is 289 g/mol.